The highest BCUT2D eigenvalue weighted by Gasteiger charge is 2.31. The molecule has 0 bridgehead atoms. The number of aryl methyl sites for hydroxylation is 1. The van der Waals surface area contributed by atoms with E-state index in [-0.39, 0.29) is 17.2 Å². The number of carbonyl (C=O) groups is 1. The van der Waals surface area contributed by atoms with E-state index in [1.165, 1.54) is 10.8 Å². The van der Waals surface area contributed by atoms with Crippen LogP contribution in [0.25, 0.3) is 21.2 Å². The topological polar surface area (TPSA) is 141 Å². The first-order chi connectivity index (χ1) is 17.9. The number of rotatable bonds is 6. The predicted octanol–water partition coefficient (Wildman–Crippen LogP) is 4.21. The second-order valence-corrected chi connectivity index (χ2v) is 10.5. The molecule has 0 spiro atoms. The Morgan fingerprint density at radius 2 is 2.16 bits per heavy atom. The van der Waals surface area contributed by atoms with Gasteiger partial charge in [0, 0.05) is 32.6 Å². The molecule has 6 rings (SSSR count). The van der Waals surface area contributed by atoms with Crippen molar-refractivity contribution < 1.29 is 9.21 Å². The largest absolute Gasteiger partial charge is 0.438 e. The maximum Gasteiger partial charge on any atom is 0.277 e. The number of nitrogen functional groups attached to an aromatic ring is 1. The Morgan fingerprint density at radius 1 is 1.30 bits per heavy atom. The molecular formula is C25H22ClN7O3S. The third-order valence-electron chi connectivity index (χ3n) is 6.34. The summed E-state index contributed by atoms with van der Waals surface area (Å²) in [5.41, 5.74) is 6.96. The molecule has 12 heteroatoms. The van der Waals surface area contributed by atoms with Crippen LogP contribution in [0.4, 0.5) is 11.5 Å². The van der Waals surface area contributed by atoms with E-state index in [1.54, 1.807) is 35.7 Å². The number of hydrogen-bond acceptors (Lipinski definition) is 9. The van der Waals surface area contributed by atoms with E-state index in [4.69, 9.17) is 21.8 Å². The average Bonchev–Trinajstić information content (AvgIpc) is 3.60. The van der Waals surface area contributed by atoms with Crippen LogP contribution in [0.2, 0.25) is 5.02 Å². The second-order valence-electron chi connectivity index (χ2n) is 8.93. The van der Waals surface area contributed by atoms with Crippen LogP contribution in [0.15, 0.2) is 51.9 Å². The molecule has 5 aromatic rings. The number of amides is 1. The summed E-state index contributed by atoms with van der Waals surface area (Å²) in [4.78, 5) is 40.5. The van der Waals surface area contributed by atoms with Gasteiger partial charge in [-0.15, -0.1) is 11.3 Å². The van der Waals surface area contributed by atoms with Crippen molar-refractivity contribution in [2.24, 2.45) is 0 Å². The van der Waals surface area contributed by atoms with Crippen molar-refractivity contribution in [2.75, 3.05) is 11.1 Å². The smallest absolute Gasteiger partial charge is 0.277 e. The maximum absolute atomic E-state index is 13.4. The number of halogens is 1. The highest BCUT2D eigenvalue weighted by Crippen LogP contribution is 2.28. The molecule has 1 amide bonds. The molecule has 188 valence electrons. The lowest BCUT2D eigenvalue weighted by Crippen LogP contribution is -2.36. The summed E-state index contributed by atoms with van der Waals surface area (Å²) in [5.74, 6) is 1.23. The van der Waals surface area contributed by atoms with Gasteiger partial charge in [-0.3, -0.25) is 14.2 Å². The lowest BCUT2D eigenvalue weighted by Gasteiger charge is -2.16. The molecule has 4 aromatic heterocycles. The minimum atomic E-state index is -0.634. The zero-order chi connectivity index (χ0) is 25.7. The number of oxazole rings is 1. The number of anilines is 2. The van der Waals surface area contributed by atoms with Gasteiger partial charge in [0.25, 0.3) is 5.56 Å². The Labute approximate surface area is 219 Å². The van der Waals surface area contributed by atoms with Crippen molar-refractivity contribution in [1.29, 1.82) is 0 Å². The summed E-state index contributed by atoms with van der Waals surface area (Å²) >= 11 is 7.59. The standard InChI is InChI=1S/C25H22ClN7O3S/c1-12(24-32-16-7-14(26)2-4-19(16)36-24)31-17-11-29-22-5-3-18(33(22)25(17)35)23(34)30-10-15-6-13-9-28-21(27)8-20(13)37-15/h2,4,6-9,11-12,18,31H,3,5,10H2,1H3,(H2,27,28)(H,30,34)/t12-,18+/m1/s1. The van der Waals surface area contributed by atoms with Gasteiger partial charge in [-0.1, -0.05) is 11.6 Å². The van der Waals surface area contributed by atoms with Gasteiger partial charge in [0.15, 0.2) is 5.58 Å². The Morgan fingerprint density at radius 3 is 3.03 bits per heavy atom. The number of thiophene rings is 1. The number of aromatic nitrogens is 4. The predicted molar refractivity (Wildman–Crippen MR) is 143 cm³/mol. The minimum absolute atomic E-state index is 0.223. The Balaban J connectivity index is 1.19. The summed E-state index contributed by atoms with van der Waals surface area (Å²) in [7, 11) is 0. The van der Waals surface area contributed by atoms with Gasteiger partial charge in [-0.2, -0.15) is 0 Å². The first kappa shape index (κ1) is 23.4. The lowest BCUT2D eigenvalue weighted by atomic mass is 10.2. The summed E-state index contributed by atoms with van der Waals surface area (Å²) in [6.07, 6.45) is 4.27. The minimum Gasteiger partial charge on any atom is -0.438 e. The van der Waals surface area contributed by atoms with Gasteiger partial charge in [-0.25, -0.2) is 15.0 Å². The van der Waals surface area contributed by atoms with Crippen LogP contribution in [-0.4, -0.2) is 25.4 Å². The van der Waals surface area contributed by atoms with Gasteiger partial charge in [0.05, 0.1) is 12.7 Å². The number of benzene rings is 1. The molecule has 5 heterocycles. The highest BCUT2D eigenvalue weighted by molar-refractivity contribution is 7.19. The van der Waals surface area contributed by atoms with Crippen LogP contribution in [0, 0.1) is 0 Å². The summed E-state index contributed by atoms with van der Waals surface area (Å²) < 4.78 is 8.30. The molecule has 2 atom stereocenters. The third kappa shape index (κ3) is 4.40. The van der Waals surface area contributed by atoms with Crippen molar-refractivity contribution in [2.45, 2.75) is 38.4 Å². The quantitative estimate of drug-likeness (QED) is 0.293. The molecular weight excluding hydrogens is 514 g/mol. The fourth-order valence-corrected chi connectivity index (χ4v) is 5.72. The number of fused-ring (bicyclic) bond motifs is 3. The summed E-state index contributed by atoms with van der Waals surface area (Å²) in [5, 5.41) is 7.64. The molecule has 1 aliphatic rings. The van der Waals surface area contributed by atoms with Crippen molar-refractivity contribution >= 4 is 61.5 Å². The van der Waals surface area contributed by atoms with E-state index < -0.39 is 12.1 Å². The fourth-order valence-electron chi connectivity index (χ4n) is 4.53. The molecule has 4 N–H and O–H groups in total. The van der Waals surface area contributed by atoms with Gasteiger partial charge >= 0.3 is 0 Å². The molecule has 0 saturated heterocycles. The molecule has 0 fully saturated rings. The number of nitrogens with zero attached hydrogens (tertiary/aromatic N) is 4. The van der Waals surface area contributed by atoms with E-state index in [0.717, 1.165) is 15.0 Å². The number of nitrogens with two attached hydrogens (primary N) is 1. The van der Waals surface area contributed by atoms with E-state index in [0.29, 0.717) is 53.0 Å². The van der Waals surface area contributed by atoms with Crippen molar-refractivity contribution in [3.8, 4) is 0 Å². The Bertz CT molecular complexity index is 1730. The molecule has 0 unspecified atom stereocenters. The number of carbonyl (C=O) groups excluding carboxylic acids is 1. The molecule has 10 nitrogen and oxygen atoms in total. The molecule has 0 radical (unpaired) electrons. The van der Waals surface area contributed by atoms with Crippen LogP contribution in [0.5, 0.6) is 0 Å². The second kappa shape index (κ2) is 9.16. The molecule has 1 aromatic carbocycles. The fraction of sp³-hybridized carbons (Fsp3) is 0.240. The van der Waals surface area contributed by atoms with Crippen LogP contribution in [0.3, 0.4) is 0 Å². The van der Waals surface area contributed by atoms with Crippen LogP contribution in [-0.2, 0) is 17.8 Å². The van der Waals surface area contributed by atoms with E-state index in [1.807, 2.05) is 19.1 Å². The zero-order valence-corrected chi connectivity index (χ0v) is 21.3. The SMILES string of the molecule is C[C@@H](Nc1cnc2n(c1=O)[C@H](C(=O)NCc1cc3cnc(N)cc3s1)CC2)c1nc2cc(Cl)ccc2o1. The summed E-state index contributed by atoms with van der Waals surface area (Å²) in [6, 6.07) is 7.95. The summed E-state index contributed by atoms with van der Waals surface area (Å²) in [6.45, 7) is 2.19. The monoisotopic (exact) mass is 535 g/mol. The third-order valence-corrected chi connectivity index (χ3v) is 7.68. The normalized spacial score (nSPS) is 15.7. The maximum atomic E-state index is 13.4. The van der Waals surface area contributed by atoms with Gasteiger partial charge in [-0.05, 0) is 43.7 Å². The lowest BCUT2D eigenvalue weighted by molar-refractivity contribution is -0.124. The van der Waals surface area contributed by atoms with Crippen LogP contribution >= 0.6 is 22.9 Å². The first-order valence-corrected chi connectivity index (χ1v) is 12.9. The molecule has 37 heavy (non-hydrogen) atoms. The van der Waals surface area contributed by atoms with Crippen molar-refractivity contribution in [1.82, 2.24) is 24.8 Å². The van der Waals surface area contributed by atoms with Crippen LogP contribution < -0.4 is 21.9 Å². The van der Waals surface area contributed by atoms with E-state index in [2.05, 4.69) is 25.6 Å². The van der Waals surface area contributed by atoms with Gasteiger partial charge in [0.2, 0.25) is 11.8 Å². The average molecular weight is 536 g/mol. The molecule has 0 aliphatic carbocycles. The Kier molecular flexibility index (Phi) is 5.81. The molecule has 0 saturated carbocycles. The Hall–Kier alpha value is -3.96. The van der Waals surface area contributed by atoms with E-state index >= 15 is 0 Å². The van der Waals surface area contributed by atoms with Gasteiger partial charge in [0.1, 0.15) is 34.9 Å². The first-order valence-electron chi connectivity index (χ1n) is 11.7. The van der Waals surface area contributed by atoms with Gasteiger partial charge < -0.3 is 20.8 Å². The number of nitrogens with one attached hydrogen (secondary N) is 2. The van der Waals surface area contributed by atoms with Crippen molar-refractivity contribution in [3.05, 3.63) is 74.7 Å². The molecule has 1 aliphatic heterocycles. The number of pyridine rings is 1. The van der Waals surface area contributed by atoms with Crippen molar-refractivity contribution in [3.63, 3.8) is 0 Å². The highest BCUT2D eigenvalue weighted by atomic mass is 35.5. The zero-order valence-electron chi connectivity index (χ0n) is 19.7. The van der Waals surface area contributed by atoms with Crippen LogP contribution in [0.1, 0.15) is 42.0 Å². The number of hydrogen-bond donors (Lipinski definition) is 3. The van der Waals surface area contributed by atoms with E-state index in [9.17, 15) is 9.59 Å².